The van der Waals surface area contributed by atoms with Gasteiger partial charge in [0.25, 0.3) is 5.91 Å². The summed E-state index contributed by atoms with van der Waals surface area (Å²) in [5, 5.41) is 0. The second-order valence-corrected chi connectivity index (χ2v) is 9.55. The summed E-state index contributed by atoms with van der Waals surface area (Å²) >= 11 is 1.47. The van der Waals surface area contributed by atoms with Gasteiger partial charge in [0.1, 0.15) is 18.1 Å². The summed E-state index contributed by atoms with van der Waals surface area (Å²) in [5.41, 5.74) is 0.693. The monoisotopic (exact) mass is 483 g/mol. The van der Waals surface area contributed by atoms with Crippen molar-refractivity contribution in [3.63, 3.8) is 0 Å². The molecule has 0 radical (unpaired) electrons. The third-order valence-electron chi connectivity index (χ3n) is 6.32. The van der Waals surface area contributed by atoms with Crippen molar-refractivity contribution in [3.8, 4) is 11.5 Å². The van der Waals surface area contributed by atoms with E-state index in [1.54, 1.807) is 7.11 Å². The number of piperazine rings is 1. The van der Waals surface area contributed by atoms with Gasteiger partial charge in [-0.15, -0.1) is 11.8 Å². The molecular weight excluding hydrogens is 450 g/mol. The maximum absolute atomic E-state index is 13.2. The van der Waals surface area contributed by atoms with Gasteiger partial charge in [-0.1, -0.05) is 12.1 Å². The summed E-state index contributed by atoms with van der Waals surface area (Å²) in [6, 6.07) is 15.2. The number of hydrogen-bond acceptors (Lipinski definition) is 6. The molecule has 2 aliphatic rings. The molecule has 2 amide bonds. The number of amides is 2. The highest BCUT2D eigenvalue weighted by Gasteiger charge is 2.24. The van der Waals surface area contributed by atoms with Crippen LogP contribution in [0.3, 0.4) is 0 Å². The van der Waals surface area contributed by atoms with Crippen LogP contribution in [-0.2, 0) is 4.79 Å². The second kappa shape index (κ2) is 12.1. The summed E-state index contributed by atoms with van der Waals surface area (Å²) in [6.07, 6.45) is 2.18. The molecule has 4 rings (SSSR count). The molecule has 0 saturated carbocycles. The minimum absolute atomic E-state index is 0.0471. The van der Waals surface area contributed by atoms with Gasteiger partial charge in [0.15, 0.2) is 0 Å². The number of thioether (sulfide) groups is 1. The number of rotatable bonds is 9. The zero-order valence-corrected chi connectivity index (χ0v) is 20.6. The van der Waals surface area contributed by atoms with Crippen molar-refractivity contribution in [3.05, 3.63) is 54.1 Å². The van der Waals surface area contributed by atoms with Crippen LogP contribution in [0.2, 0.25) is 0 Å². The highest BCUT2D eigenvalue weighted by atomic mass is 32.2. The molecule has 0 atom stereocenters. The van der Waals surface area contributed by atoms with Crippen molar-refractivity contribution in [1.29, 1.82) is 0 Å². The molecule has 0 aliphatic carbocycles. The first-order valence-corrected chi connectivity index (χ1v) is 12.9. The number of nitrogens with zero attached hydrogens (tertiary/aromatic N) is 3. The smallest absolute Gasteiger partial charge is 0.255 e. The Labute approximate surface area is 206 Å². The Morgan fingerprint density at radius 2 is 1.53 bits per heavy atom. The van der Waals surface area contributed by atoms with Crippen molar-refractivity contribution >= 4 is 23.6 Å². The second-order valence-electron chi connectivity index (χ2n) is 8.53. The fraction of sp³-hybridized carbons (Fsp3) is 0.462. The van der Waals surface area contributed by atoms with Crippen LogP contribution < -0.4 is 9.47 Å². The van der Waals surface area contributed by atoms with E-state index in [0.717, 1.165) is 62.0 Å². The van der Waals surface area contributed by atoms with Crippen LogP contribution >= 0.6 is 11.8 Å². The van der Waals surface area contributed by atoms with Crippen molar-refractivity contribution in [2.45, 2.75) is 17.7 Å². The van der Waals surface area contributed by atoms with Crippen LogP contribution in [0.4, 0.5) is 0 Å². The van der Waals surface area contributed by atoms with Crippen molar-refractivity contribution in [2.75, 3.05) is 65.3 Å². The molecule has 8 heteroatoms. The van der Waals surface area contributed by atoms with Gasteiger partial charge < -0.3 is 19.3 Å². The van der Waals surface area contributed by atoms with Crippen molar-refractivity contribution in [1.82, 2.24) is 14.7 Å². The van der Waals surface area contributed by atoms with Crippen LogP contribution in [0.5, 0.6) is 11.5 Å². The number of ether oxygens (including phenoxy) is 2. The minimum Gasteiger partial charge on any atom is -0.497 e. The lowest BCUT2D eigenvalue weighted by atomic mass is 10.2. The highest BCUT2D eigenvalue weighted by molar-refractivity contribution is 8.00. The quantitative estimate of drug-likeness (QED) is 0.511. The van der Waals surface area contributed by atoms with E-state index in [-0.39, 0.29) is 11.8 Å². The third-order valence-corrected chi connectivity index (χ3v) is 7.38. The molecule has 0 aromatic heterocycles. The van der Waals surface area contributed by atoms with E-state index in [9.17, 15) is 9.59 Å². The average molecular weight is 484 g/mol. The molecule has 2 aliphatic heterocycles. The Kier molecular flexibility index (Phi) is 8.71. The van der Waals surface area contributed by atoms with Crippen LogP contribution in [0.15, 0.2) is 53.4 Å². The zero-order valence-electron chi connectivity index (χ0n) is 19.8. The predicted octanol–water partition coefficient (Wildman–Crippen LogP) is 3.25. The van der Waals surface area contributed by atoms with Gasteiger partial charge in [0, 0.05) is 50.7 Å². The van der Waals surface area contributed by atoms with E-state index in [0.29, 0.717) is 31.0 Å². The number of likely N-dealkylation sites (tertiary alicyclic amines) is 1. The third kappa shape index (κ3) is 6.45. The molecular formula is C26H33N3O4S. The Bertz CT molecular complexity index is 955. The lowest BCUT2D eigenvalue weighted by molar-refractivity contribution is -0.127. The molecule has 2 aromatic carbocycles. The molecule has 182 valence electrons. The number of carbonyl (C=O) groups excluding carboxylic acids is 2. The van der Waals surface area contributed by atoms with Crippen LogP contribution in [0, 0.1) is 0 Å². The van der Waals surface area contributed by atoms with Gasteiger partial charge >= 0.3 is 0 Å². The standard InChI is InChI=1S/C26H33N3O4S/c1-32-21-8-10-22(11-9-21)33-19-18-27-14-16-29(17-15-27)26(31)23-6-2-3-7-24(23)34-20-25(30)28-12-4-5-13-28/h2-3,6-11H,4-5,12-20H2,1H3. The topological polar surface area (TPSA) is 62.3 Å². The molecule has 0 unspecified atom stereocenters. The van der Waals surface area contributed by atoms with Crippen LogP contribution in [-0.4, -0.2) is 91.8 Å². The van der Waals surface area contributed by atoms with E-state index in [1.807, 2.05) is 58.3 Å². The van der Waals surface area contributed by atoms with Gasteiger partial charge in [0.05, 0.1) is 18.4 Å². The van der Waals surface area contributed by atoms with Gasteiger partial charge in [-0.05, 0) is 49.2 Å². The Morgan fingerprint density at radius 1 is 0.853 bits per heavy atom. The lowest BCUT2D eigenvalue weighted by Gasteiger charge is -2.35. The molecule has 7 nitrogen and oxygen atoms in total. The van der Waals surface area contributed by atoms with E-state index < -0.39 is 0 Å². The zero-order chi connectivity index (χ0) is 23.8. The molecule has 0 spiro atoms. The van der Waals surface area contributed by atoms with E-state index >= 15 is 0 Å². The first-order chi connectivity index (χ1) is 16.6. The van der Waals surface area contributed by atoms with Crippen molar-refractivity contribution in [2.24, 2.45) is 0 Å². The van der Waals surface area contributed by atoms with Crippen LogP contribution in [0.1, 0.15) is 23.2 Å². The summed E-state index contributed by atoms with van der Waals surface area (Å²) in [6.45, 7) is 6.15. The summed E-state index contributed by atoms with van der Waals surface area (Å²) < 4.78 is 11.0. The largest absolute Gasteiger partial charge is 0.497 e. The van der Waals surface area contributed by atoms with Crippen molar-refractivity contribution < 1.29 is 19.1 Å². The number of carbonyl (C=O) groups is 2. The summed E-state index contributed by atoms with van der Waals surface area (Å²) in [7, 11) is 1.65. The first-order valence-electron chi connectivity index (χ1n) is 11.9. The number of hydrogen-bond donors (Lipinski definition) is 0. The normalized spacial score (nSPS) is 16.5. The molecule has 0 bridgehead atoms. The molecule has 2 heterocycles. The Hall–Kier alpha value is -2.71. The molecule has 2 fully saturated rings. The van der Waals surface area contributed by atoms with Gasteiger partial charge in [0.2, 0.25) is 5.91 Å². The minimum atomic E-state index is 0.0471. The van der Waals surface area contributed by atoms with E-state index in [1.165, 1.54) is 11.8 Å². The average Bonchev–Trinajstić information content (AvgIpc) is 3.43. The first kappa shape index (κ1) is 24.4. The Morgan fingerprint density at radius 3 is 2.24 bits per heavy atom. The van der Waals surface area contributed by atoms with Gasteiger partial charge in [-0.2, -0.15) is 0 Å². The van der Waals surface area contributed by atoms with E-state index in [2.05, 4.69) is 4.90 Å². The van der Waals surface area contributed by atoms with E-state index in [4.69, 9.17) is 9.47 Å². The number of methoxy groups -OCH3 is 1. The number of benzene rings is 2. The lowest BCUT2D eigenvalue weighted by Crippen LogP contribution is -2.49. The predicted molar refractivity (Wildman–Crippen MR) is 134 cm³/mol. The molecule has 2 aromatic rings. The maximum Gasteiger partial charge on any atom is 0.255 e. The molecule has 0 N–H and O–H groups in total. The molecule has 2 saturated heterocycles. The van der Waals surface area contributed by atoms with Crippen LogP contribution in [0.25, 0.3) is 0 Å². The fourth-order valence-electron chi connectivity index (χ4n) is 4.28. The fourth-order valence-corrected chi connectivity index (χ4v) is 5.22. The highest BCUT2D eigenvalue weighted by Crippen LogP contribution is 2.25. The molecule has 34 heavy (non-hydrogen) atoms. The summed E-state index contributed by atoms with van der Waals surface area (Å²) in [4.78, 5) is 32.7. The maximum atomic E-state index is 13.2. The van der Waals surface area contributed by atoms with Gasteiger partial charge in [-0.3, -0.25) is 14.5 Å². The Balaban J connectivity index is 1.23. The SMILES string of the molecule is COc1ccc(OCCN2CCN(C(=O)c3ccccc3SCC(=O)N3CCCC3)CC2)cc1. The van der Waals surface area contributed by atoms with Gasteiger partial charge in [-0.25, -0.2) is 0 Å². The summed E-state index contributed by atoms with van der Waals surface area (Å²) in [5.74, 6) is 2.23.